The fourth-order valence-electron chi connectivity index (χ4n) is 1.81. The molecule has 2 unspecified atom stereocenters. The van der Waals surface area contributed by atoms with Gasteiger partial charge < -0.3 is 11.1 Å². The van der Waals surface area contributed by atoms with Gasteiger partial charge >= 0.3 is 0 Å². The van der Waals surface area contributed by atoms with Crippen molar-refractivity contribution in [3.63, 3.8) is 0 Å². The molecule has 112 valence electrons. The first-order valence-electron chi connectivity index (χ1n) is 7.08. The van der Waals surface area contributed by atoms with Gasteiger partial charge in [-0.2, -0.15) is 5.10 Å². The van der Waals surface area contributed by atoms with Crippen molar-refractivity contribution in [3.8, 4) is 11.4 Å². The van der Waals surface area contributed by atoms with Crippen LogP contribution in [0.2, 0.25) is 0 Å². The lowest BCUT2D eigenvalue weighted by atomic mass is 10.2. The molecule has 3 N–H and O–H groups in total. The molecule has 0 fully saturated rings. The molecule has 2 atom stereocenters. The fourth-order valence-corrected chi connectivity index (χ4v) is 1.81. The zero-order chi connectivity index (χ0) is 15.4. The van der Waals surface area contributed by atoms with Gasteiger partial charge in [-0.1, -0.05) is 6.92 Å². The van der Waals surface area contributed by atoms with Gasteiger partial charge in [-0.05, 0) is 44.5 Å². The van der Waals surface area contributed by atoms with Gasteiger partial charge in [0, 0.05) is 17.3 Å². The summed E-state index contributed by atoms with van der Waals surface area (Å²) in [6.45, 7) is 5.81. The SMILES string of the molecule is CCC(C)NC(=O)C(C)n1cnc(-c2ccc(N)cc2)n1. The molecular weight excluding hydrogens is 266 g/mol. The van der Waals surface area contributed by atoms with Crippen molar-refractivity contribution in [2.75, 3.05) is 5.73 Å². The van der Waals surface area contributed by atoms with Crippen molar-refractivity contribution in [2.45, 2.75) is 39.3 Å². The van der Waals surface area contributed by atoms with Gasteiger partial charge in [-0.25, -0.2) is 9.67 Å². The highest BCUT2D eigenvalue weighted by atomic mass is 16.2. The van der Waals surface area contributed by atoms with Gasteiger partial charge in [0.25, 0.3) is 0 Å². The Morgan fingerprint density at radius 2 is 2.00 bits per heavy atom. The Morgan fingerprint density at radius 3 is 2.62 bits per heavy atom. The number of nitrogen functional groups attached to an aromatic ring is 1. The highest BCUT2D eigenvalue weighted by molar-refractivity contribution is 5.80. The van der Waals surface area contributed by atoms with Gasteiger partial charge in [-0.3, -0.25) is 4.79 Å². The average Bonchev–Trinajstić information content (AvgIpc) is 2.96. The third kappa shape index (κ3) is 3.59. The molecule has 0 aliphatic heterocycles. The van der Waals surface area contributed by atoms with Crippen LogP contribution >= 0.6 is 0 Å². The predicted molar refractivity (Wildman–Crippen MR) is 82.5 cm³/mol. The minimum Gasteiger partial charge on any atom is -0.399 e. The van der Waals surface area contributed by atoms with E-state index in [0.29, 0.717) is 11.5 Å². The fraction of sp³-hybridized carbons (Fsp3) is 0.400. The van der Waals surface area contributed by atoms with E-state index in [1.54, 1.807) is 30.1 Å². The predicted octanol–water partition coefficient (Wildman–Crippen LogP) is 2.00. The molecule has 0 saturated heterocycles. The molecule has 21 heavy (non-hydrogen) atoms. The number of anilines is 1. The molecule has 0 radical (unpaired) electrons. The maximum absolute atomic E-state index is 12.1. The van der Waals surface area contributed by atoms with Crippen LogP contribution in [-0.2, 0) is 4.79 Å². The van der Waals surface area contributed by atoms with Gasteiger partial charge in [0.05, 0.1) is 0 Å². The molecule has 2 aromatic rings. The molecule has 0 aliphatic rings. The monoisotopic (exact) mass is 287 g/mol. The van der Waals surface area contributed by atoms with E-state index in [1.807, 2.05) is 26.0 Å². The average molecular weight is 287 g/mol. The molecule has 1 heterocycles. The second-order valence-electron chi connectivity index (χ2n) is 5.16. The normalized spacial score (nSPS) is 13.7. The highest BCUT2D eigenvalue weighted by Crippen LogP contribution is 2.17. The summed E-state index contributed by atoms with van der Waals surface area (Å²) >= 11 is 0. The van der Waals surface area contributed by atoms with Crippen molar-refractivity contribution >= 4 is 11.6 Å². The second-order valence-corrected chi connectivity index (χ2v) is 5.16. The van der Waals surface area contributed by atoms with Crippen LogP contribution < -0.4 is 11.1 Å². The summed E-state index contributed by atoms with van der Waals surface area (Å²) in [5, 5.41) is 7.31. The Kier molecular flexibility index (Phi) is 4.57. The Labute approximate surface area is 124 Å². The Balaban J connectivity index is 2.12. The molecule has 0 saturated carbocycles. The molecule has 1 aromatic heterocycles. The maximum Gasteiger partial charge on any atom is 0.244 e. The standard InChI is InChI=1S/C15H21N5O/c1-4-10(2)18-15(21)11(3)20-9-17-14(19-20)12-5-7-13(16)8-6-12/h5-11H,4,16H2,1-3H3,(H,18,21). The quantitative estimate of drug-likeness (QED) is 0.824. The molecule has 6 nitrogen and oxygen atoms in total. The Bertz CT molecular complexity index is 605. The van der Waals surface area contributed by atoms with Crippen molar-refractivity contribution in [2.24, 2.45) is 0 Å². The van der Waals surface area contributed by atoms with Crippen LogP contribution in [0.5, 0.6) is 0 Å². The molecule has 2 rings (SSSR count). The minimum absolute atomic E-state index is 0.0573. The number of amides is 1. The van der Waals surface area contributed by atoms with Crippen molar-refractivity contribution in [1.82, 2.24) is 20.1 Å². The number of hydrogen-bond acceptors (Lipinski definition) is 4. The van der Waals surface area contributed by atoms with Crippen LogP contribution in [0.4, 0.5) is 5.69 Å². The number of nitrogens with zero attached hydrogens (tertiary/aromatic N) is 3. The van der Waals surface area contributed by atoms with E-state index in [4.69, 9.17) is 5.73 Å². The van der Waals surface area contributed by atoms with Crippen LogP contribution in [0.25, 0.3) is 11.4 Å². The number of aromatic nitrogens is 3. The zero-order valence-electron chi connectivity index (χ0n) is 12.6. The second kappa shape index (κ2) is 6.39. The third-order valence-corrected chi connectivity index (χ3v) is 3.45. The molecule has 6 heteroatoms. The van der Waals surface area contributed by atoms with E-state index < -0.39 is 6.04 Å². The Morgan fingerprint density at radius 1 is 1.33 bits per heavy atom. The number of nitrogens with one attached hydrogen (secondary N) is 1. The summed E-state index contributed by atoms with van der Waals surface area (Å²) in [5.74, 6) is 0.524. The maximum atomic E-state index is 12.1. The summed E-state index contributed by atoms with van der Waals surface area (Å²) in [5.41, 5.74) is 7.23. The van der Waals surface area contributed by atoms with Crippen molar-refractivity contribution < 1.29 is 4.79 Å². The Hall–Kier alpha value is -2.37. The first-order chi connectivity index (χ1) is 10.0. The molecule has 0 aliphatic carbocycles. The summed E-state index contributed by atoms with van der Waals surface area (Å²) in [4.78, 5) is 16.3. The smallest absolute Gasteiger partial charge is 0.244 e. The lowest BCUT2D eigenvalue weighted by Crippen LogP contribution is -2.37. The van der Waals surface area contributed by atoms with E-state index in [0.717, 1.165) is 12.0 Å². The van der Waals surface area contributed by atoms with E-state index >= 15 is 0 Å². The van der Waals surface area contributed by atoms with Crippen LogP contribution in [0.15, 0.2) is 30.6 Å². The van der Waals surface area contributed by atoms with Gasteiger partial charge in [0.2, 0.25) is 5.91 Å². The molecule has 0 spiro atoms. The zero-order valence-corrected chi connectivity index (χ0v) is 12.6. The summed E-state index contributed by atoms with van der Waals surface area (Å²) in [6.07, 6.45) is 2.47. The van der Waals surface area contributed by atoms with Crippen molar-refractivity contribution in [1.29, 1.82) is 0 Å². The highest BCUT2D eigenvalue weighted by Gasteiger charge is 2.18. The number of carbonyl (C=O) groups excluding carboxylic acids is 1. The van der Waals surface area contributed by atoms with E-state index in [2.05, 4.69) is 15.4 Å². The third-order valence-electron chi connectivity index (χ3n) is 3.45. The van der Waals surface area contributed by atoms with Gasteiger partial charge in [0.1, 0.15) is 12.4 Å². The largest absolute Gasteiger partial charge is 0.399 e. The van der Waals surface area contributed by atoms with Gasteiger partial charge in [0.15, 0.2) is 5.82 Å². The number of rotatable bonds is 5. The molecule has 1 amide bonds. The first kappa shape index (κ1) is 15.0. The summed E-state index contributed by atoms with van der Waals surface area (Å²) < 4.78 is 1.57. The van der Waals surface area contributed by atoms with Crippen LogP contribution in [0.1, 0.15) is 33.2 Å². The lowest BCUT2D eigenvalue weighted by molar-refractivity contribution is -0.124. The van der Waals surface area contributed by atoms with E-state index in [9.17, 15) is 4.79 Å². The van der Waals surface area contributed by atoms with E-state index in [1.165, 1.54) is 0 Å². The molecular formula is C15H21N5O. The number of nitrogens with two attached hydrogens (primary N) is 1. The minimum atomic E-state index is -0.394. The number of hydrogen-bond donors (Lipinski definition) is 2. The van der Waals surface area contributed by atoms with Crippen molar-refractivity contribution in [3.05, 3.63) is 30.6 Å². The van der Waals surface area contributed by atoms with Crippen LogP contribution in [0.3, 0.4) is 0 Å². The van der Waals surface area contributed by atoms with Gasteiger partial charge in [-0.15, -0.1) is 0 Å². The summed E-state index contributed by atoms with van der Waals surface area (Å²) in [6, 6.07) is 7.08. The topological polar surface area (TPSA) is 85.8 Å². The summed E-state index contributed by atoms with van der Waals surface area (Å²) in [7, 11) is 0. The molecule has 0 bridgehead atoms. The first-order valence-corrected chi connectivity index (χ1v) is 7.08. The number of benzene rings is 1. The number of carbonyl (C=O) groups is 1. The van der Waals surface area contributed by atoms with Crippen LogP contribution in [0, 0.1) is 0 Å². The van der Waals surface area contributed by atoms with E-state index in [-0.39, 0.29) is 11.9 Å². The van der Waals surface area contributed by atoms with Crippen LogP contribution in [-0.4, -0.2) is 26.7 Å². The lowest BCUT2D eigenvalue weighted by Gasteiger charge is -2.16. The molecule has 1 aromatic carbocycles.